The Bertz CT molecular complexity index is 1080. The molecule has 2 aromatic heterocycles. The Balaban J connectivity index is 1.65. The topological polar surface area (TPSA) is 62.7 Å². The first-order valence-corrected chi connectivity index (χ1v) is 7.77. The van der Waals surface area contributed by atoms with Crippen LogP contribution in [0.2, 0.25) is 0 Å². The number of nitrogens with one attached hydrogen (secondary N) is 2. The standard InChI is InChI=1S/C19H15FN4O/c1-24-7-6-22-18(24)13-8-14(10-15(20)9-13)19(25)23-16-2-3-17-12(11-16)4-5-21-17/h2-11,21H,1H3,(H,23,25). The average molecular weight is 334 g/mol. The highest BCUT2D eigenvalue weighted by Gasteiger charge is 2.13. The second-order valence-electron chi connectivity index (χ2n) is 5.82. The number of carbonyl (C=O) groups excluding carboxylic acids is 1. The Labute approximate surface area is 143 Å². The first-order valence-electron chi connectivity index (χ1n) is 7.77. The fourth-order valence-corrected chi connectivity index (χ4v) is 2.83. The second-order valence-corrected chi connectivity index (χ2v) is 5.82. The van der Waals surface area contributed by atoms with Crippen molar-refractivity contribution in [3.05, 3.63) is 72.4 Å². The van der Waals surface area contributed by atoms with E-state index in [1.54, 1.807) is 29.1 Å². The fraction of sp³-hybridized carbons (Fsp3) is 0.0526. The molecule has 0 saturated carbocycles. The molecule has 0 aliphatic carbocycles. The van der Waals surface area contributed by atoms with Crippen molar-refractivity contribution in [1.29, 1.82) is 0 Å². The molecule has 1 amide bonds. The van der Waals surface area contributed by atoms with Crippen molar-refractivity contribution in [3.8, 4) is 11.4 Å². The number of imidazole rings is 1. The first kappa shape index (κ1) is 15.1. The van der Waals surface area contributed by atoms with E-state index < -0.39 is 5.82 Å². The molecule has 2 aromatic carbocycles. The summed E-state index contributed by atoms with van der Waals surface area (Å²) < 4.78 is 15.8. The lowest BCUT2D eigenvalue weighted by atomic mass is 10.1. The molecule has 25 heavy (non-hydrogen) atoms. The van der Waals surface area contributed by atoms with Crippen LogP contribution in [0.1, 0.15) is 10.4 Å². The molecule has 0 spiro atoms. The third kappa shape index (κ3) is 2.89. The zero-order valence-electron chi connectivity index (χ0n) is 13.5. The van der Waals surface area contributed by atoms with Gasteiger partial charge in [-0.3, -0.25) is 4.79 Å². The summed E-state index contributed by atoms with van der Waals surface area (Å²) in [7, 11) is 1.82. The summed E-state index contributed by atoms with van der Waals surface area (Å²) in [6.45, 7) is 0. The van der Waals surface area contributed by atoms with E-state index in [0.717, 1.165) is 10.9 Å². The zero-order chi connectivity index (χ0) is 17.4. The fourth-order valence-electron chi connectivity index (χ4n) is 2.83. The van der Waals surface area contributed by atoms with E-state index in [1.807, 2.05) is 31.4 Å². The van der Waals surface area contributed by atoms with Crippen LogP contribution in [0.15, 0.2) is 61.1 Å². The Morgan fingerprint density at radius 2 is 2.08 bits per heavy atom. The third-order valence-electron chi connectivity index (χ3n) is 4.05. The van der Waals surface area contributed by atoms with Crippen LogP contribution in [0.4, 0.5) is 10.1 Å². The van der Waals surface area contributed by atoms with Gasteiger partial charge < -0.3 is 14.9 Å². The first-order chi connectivity index (χ1) is 12.1. The van der Waals surface area contributed by atoms with Gasteiger partial charge in [0.15, 0.2) is 0 Å². The summed E-state index contributed by atoms with van der Waals surface area (Å²) in [6, 6.07) is 11.7. The van der Waals surface area contributed by atoms with Crippen molar-refractivity contribution in [3.63, 3.8) is 0 Å². The number of hydrogen-bond acceptors (Lipinski definition) is 2. The molecule has 0 saturated heterocycles. The maximum atomic E-state index is 14.0. The Kier molecular flexibility index (Phi) is 3.57. The van der Waals surface area contributed by atoms with Gasteiger partial charge in [-0.2, -0.15) is 0 Å². The monoisotopic (exact) mass is 334 g/mol. The number of benzene rings is 2. The van der Waals surface area contributed by atoms with Crippen LogP contribution in [0.25, 0.3) is 22.3 Å². The number of aromatic amines is 1. The molecule has 0 fully saturated rings. The highest BCUT2D eigenvalue weighted by Crippen LogP contribution is 2.22. The lowest BCUT2D eigenvalue weighted by Gasteiger charge is -2.08. The van der Waals surface area contributed by atoms with Gasteiger partial charge in [-0.05, 0) is 42.5 Å². The van der Waals surface area contributed by atoms with Gasteiger partial charge in [-0.25, -0.2) is 9.37 Å². The molecule has 6 heteroatoms. The summed E-state index contributed by atoms with van der Waals surface area (Å²) in [5.41, 5.74) is 2.44. The number of halogens is 1. The van der Waals surface area contributed by atoms with Crippen molar-refractivity contribution in [2.45, 2.75) is 0 Å². The van der Waals surface area contributed by atoms with Gasteiger partial charge in [0.25, 0.3) is 5.91 Å². The maximum absolute atomic E-state index is 14.0. The lowest BCUT2D eigenvalue weighted by molar-refractivity contribution is 0.102. The molecule has 5 nitrogen and oxygen atoms in total. The molecule has 0 aliphatic heterocycles. The summed E-state index contributed by atoms with van der Waals surface area (Å²) in [6.07, 6.45) is 5.24. The van der Waals surface area contributed by atoms with Gasteiger partial charge in [0.1, 0.15) is 11.6 Å². The van der Waals surface area contributed by atoms with Gasteiger partial charge in [-0.1, -0.05) is 0 Å². The van der Waals surface area contributed by atoms with Crippen LogP contribution in [-0.4, -0.2) is 20.4 Å². The summed E-state index contributed by atoms with van der Waals surface area (Å²) in [5, 5.41) is 3.80. The van der Waals surface area contributed by atoms with Crippen LogP contribution in [0, 0.1) is 5.82 Å². The average Bonchev–Trinajstić information content (AvgIpc) is 3.22. The van der Waals surface area contributed by atoms with Crippen LogP contribution in [-0.2, 0) is 7.05 Å². The maximum Gasteiger partial charge on any atom is 0.255 e. The number of rotatable bonds is 3. The number of amides is 1. The van der Waals surface area contributed by atoms with Crippen molar-refractivity contribution in [2.75, 3.05) is 5.32 Å². The predicted octanol–water partition coefficient (Wildman–Crippen LogP) is 3.96. The van der Waals surface area contributed by atoms with E-state index in [0.29, 0.717) is 17.1 Å². The van der Waals surface area contributed by atoms with Gasteiger partial charge in [0.2, 0.25) is 0 Å². The lowest BCUT2D eigenvalue weighted by Crippen LogP contribution is -2.12. The van der Waals surface area contributed by atoms with Gasteiger partial charge in [-0.15, -0.1) is 0 Å². The second kappa shape index (κ2) is 5.90. The minimum atomic E-state index is -0.480. The van der Waals surface area contributed by atoms with Crippen molar-refractivity contribution in [1.82, 2.24) is 14.5 Å². The number of hydrogen-bond donors (Lipinski definition) is 2. The minimum absolute atomic E-state index is 0.243. The molecule has 0 radical (unpaired) electrons. The number of fused-ring (bicyclic) bond motifs is 1. The summed E-state index contributed by atoms with van der Waals surface area (Å²) >= 11 is 0. The molecular weight excluding hydrogens is 319 g/mol. The Morgan fingerprint density at radius 1 is 1.20 bits per heavy atom. The van der Waals surface area contributed by atoms with Crippen LogP contribution < -0.4 is 5.32 Å². The van der Waals surface area contributed by atoms with Gasteiger partial charge in [0.05, 0.1) is 0 Å². The summed E-state index contributed by atoms with van der Waals surface area (Å²) in [4.78, 5) is 19.8. The normalized spacial score (nSPS) is 11.0. The molecule has 0 aliphatic rings. The summed E-state index contributed by atoms with van der Waals surface area (Å²) in [5.74, 6) is -0.251. The van der Waals surface area contributed by atoms with E-state index in [1.165, 1.54) is 12.1 Å². The van der Waals surface area contributed by atoms with Crippen molar-refractivity contribution >= 4 is 22.5 Å². The number of carbonyl (C=O) groups is 1. The molecule has 2 heterocycles. The highest BCUT2D eigenvalue weighted by atomic mass is 19.1. The zero-order valence-corrected chi connectivity index (χ0v) is 13.5. The number of nitrogens with zero attached hydrogens (tertiary/aromatic N) is 2. The predicted molar refractivity (Wildman–Crippen MR) is 94.9 cm³/mol. The molecule has 4 rings (SSSR count). The Hall–Kier alpha value is -3.41. The van der Waals surface area contributed by atoms with Crippen molar-refractivity contribution < 1.29 is 9.18 Å². The highest BCUT2D eigenvalue weighted by molar-refractivity contribution is 6.05. The van der Waals surface area contributed by atoms with Crippen LogP contribution >= 0.6 is 0 Å². The van der Waals surface area contributed by atoms with Gasteiger partial charge >= 0.3 is 0 Å². The molecule has 0 atom stereocenters. The number of anilines is 1. The molecule has 0 unspecified atom stereocenters. The molecule has 4 aromatic rings. The number of aromatic nitrogens is 3. The van der Waals surface area contributed by atoms with E-state index in [9.17, 15) is 9.18 Å². The smallest absolute Gasteiger partial charge is 0.255 e. The molecule has 124 valence electrons. The number of aryl methyl sites for hydroxylation is 1. The Morgan fingerprint density at radius 3 is 2.88 bits per heavy atom. The quantitative estimate of drug-likeness (QED) is 0.596. The molecule has 0 bridgehead atoms. The number of H-pyrrole nitrogens is 1. The van der Waals surface area contributed by atoms with E-state index in [-0.39, 0.29) is 11.5 Å². The van der Waals surface area contributed by atoms with E-state index in [4.69, 9.17) is 0 Å². The van der Waals surface area contributed by atoms with E-state index in [2.05, 4.69) is 15.3 Å². The molecule has 2 N–H and O–H groups in total. The van der Waals surface area contributed by atoms with Gasteiger partial charge in [0, 0.05) is 53.4 Å². The molecular formula is C19H15FN4O. The van der Waals surface area contributed by atoms with E-state index >= 15 is 0 Å². The van der Waals surface area contributed by atoms with Crippen LogP contribution in [0.3, 0.4) is 0 Å². The largest absolute Gasteiger partial charge is 0.361 e. The van der Waals surface area contributed by atoms with Crippen LogP contribution in [0.5, 0.6) is 0 Å². The minimum Gasteiger partial charge on any atom is -0.361 e. The SMILES string of the molecule is Cn1ccnc1-c1cc(F)cc(C(=O)Nc2ccc3[nH]ccc3c2)c1. The van der Waals surface area contributed by atoms with Crippen molar-refractivity contribution in [2.24, 2.45) is 7.05 Å². The third-order valence-corrected chi connectivity index (χ3v) is 4.05.